The molecule has 0 saturated heterocycles. The lowest BCUT2D eigenvalue weighted by molar-refractivity contribution is 0.650. The third-order valence-corrected chi connectivity index (χ3v) is 12.9. The van der Waals surface area contributed by atoms with Crippen molar-refractivity contribution in [3.8, 4) is 11.4 Å². The smallest absolute Gasteiger partial charge is 0.0775 e. The number of hydrogen-bond donors (Lipinski definition) is 0. The van der Waals surface area contributed by atoms with Crippen LogP contribution in [0.5, 0.6) is 0 Å². The van der Waals surface area contributed by atoms with Gasteiger partial charge in [0.1, 0.15) is 0 Å². The summed E-state index contributed by atoms with van der Waals surface area (Å²) in [6.07, 6.45) is 4.76. The predicted octanol–water partition coefficient (Wildman–Crippen LogP) is 8.99. The normalized spacial score (nSPS) is 12.9. The molecule has 6 rings (SSSR count). The average Bonchev–Trinajstić information content (AvgIpc) is 3.53. The number of hydrogen-bond acceptors (Lipinski definition) is 0. The molecule has 0 N–H and O–H groups in total. The summed E-state index contributed by atoms with van der Waals surface area (Å²) in [4.78, 5) is 0. The van der Waals surface area contributed by atoms with Crippen molar-refractivity contribution in [1.29, 1.82) is 0 Å². The predicted molar refractivity (Wildman–Crippen MR) is 185 cm³/mol. The van der Waals surface area contributed by atoms with Crippen LogP contribution in [0.15, 0.2) is 109 Å². The average molecular weight is 571 g/mol. The third kappa shape index (κ3) is 4.83. The maximum Gasteiger partial charge on any atom is 0.0775 e. The Bertz CT molecular complexity index is 1720. The minimum absolute atomic E-state index is 0.216. The van der Waals surface area contributed by atoms with Gasteiger partial charge in [0.15, 0.2) is 0 Å². The molecule has 2 nitrogen and oxygen atoms in total. The molecule has 4 aromatic carbocycles. The van der Waals surface area contributed by atoms with Crippen molar-refractivity contribution >= 4 is 48.3 Å². The molecular weight excluding hydrogens is 529 g/mol. The Kier molecular flexibility index (Phi) is 6.55. The van der Waals surface area contributed by atoms with Crippen molar-refractivity contribution in [3.05, 3.63) is 121 Å². The standard InChI is InChI=1S/C37H42N2Si2/c1-37(2,33-25-38(35-15-11-9-13-31(33)35)27-17-21-29(22-18-27)40(3,4)5)34-26-39(36-16-12-10-14-32(34)36)28-19-23-30(24-20-28)41(6,7)8/h9-26H,1-8H3. The summed E-state index contributed by atoms with van der Waals surface area (Å²) in [5, 5.41) is 5.60. The second-order valence-corrected chi connectivity index (χ2v) is 24.2. The van der Waals surface area contributed by atoms with E-state index >= 15 is 0 Å². The molecule has 41 heavy (non-hydrogen) atoms. The highest BCUT2D eigenvalue weighted by molar-refractivity contribution is 6.89. The van der Waals surface area contributed by atoms with E-state index in [4.69, 9.17) is 0 Å². The summed E-state index contributed by atoms with van der Waals surface area (Å²) < 4.78 is 4.77. The zero-order valence-corrected chi connectivity index (χ0v) is 27.8. The van der Waals surface area contributed by atoms with Crippen LogP contribution < -0.4 is 10.4 Å². The largest absolute Gasteiger partial charge is 0.316 e. The molecule has 0 unspecified atom stereocenters. The van der Waals surface area contributed by atoms with Crippen molar-refractivity contribution in [1.82, 2.24) is 9.13 Å². The van der Waals surface area contributed by atoms with E-state index in [1.807, 2.05) is 0 Å². The second kappa shape index (κ2) is 9.75. The van der Waals surface area contributed by atoms with Gasteiger partial charge in [0.2, 0.25) is 0 Å². The van der Waals surface area contributed by atoms with E-state index in [0.717, 1.165) is 0 Å². The van der Waals surface area contributed by atoms with Crippen LogP contribution in [0.3, 0.4) is 0 Å². The van der Waals surface area contributed by atoms with E-state index in [1.54, 1.807) is 0 Å². The van der Waals surface area contributed by atoms with Crippen LogP contribution in [-0.4, -0.2) is 25.3 Å². The summed E-state index contributed by atoms with van der Waals surface area (Å²) >= 11 is 0. The zero-order valence-electron chi connectivity index (χ0n) is 25.8. The number of benzene rings is 4. The van der Waals surface area contributed by atoms with Crippen molar-refractivity contribution in [2.24, 2.45) is 0 Å². The lowest BCUT2D eigenvalue weighted by Crippen LogP contribution is -2.37. The summed E-state index contributed by atoms with van der Waals surface area (Å²) in [6, 6.07) is 36.3. The molecule has 0 aliphatic heterocycles. The first-order valence-electron chi connectivity index (χ1n) is 14.8. The van der Waals surface area contributed by atoms with Crippen LogP contribution in [0.25, 0.3) is 33.2 Å². The lowest BCUT2D eigenvalue weighted by atomic mass is 9.78. The third-order valence-electron chi connectivity index (χ3n) is 8.79. The fraction of sp³-hybridized carbons (Fsp3) is 0.243. The molecule has 0 atom stereocenters. The number of aromatic nitrogens is 2. The highest BCUT2D eigenvalue weighted by Crippen LogP contribution is 2.42. The Balaban J connectivity index is 1.50. The van der Waals surface area contributed by atoms with E-state index in [2.05, 4.69) is 172 Å². The Morgan fingerprint density at radius 2 is 0.805 bits per heavy atom. The SMILES string of the molecule is CC(C)(c1cn(-c2ccc([Si](C)(C)C)cc2)c2ccccc12)c1cn(-c2ccc([Si](C)(C)C)cc2)c2ccccc12. The van der Waals surface area contributed by atoms with Gasteiger partial charge in [-0.3, -0.25) is 0 Å². The van der Waals surface area contributed by atoms with Gasteiger partial charge in [0.05, 0.1) is 27.2 Å². The minimum atomic E-state index is -1.35. The van der Waals surface area contributed by atoms with Gasteiger partial charge >= 0.3 is 0 Å². The summed E-state index contributed by atoms with van der Waals surface area (Å²) in [6.45, 7) is 19.2. The molecule has 0 saturated carbocycles. The fourth-order valence-electron chi connectivity index (χ4n) is 6.17. The van der Waals surface area contributed by atoms with Gasteiger partial charge in [-0.15, -0.1) is 0 Å². The zero-order chi connectivity index (χ0) is 29.2. The van der Waals surface area contributed by atoms with E-state index in [9.17, 15) is 0 Å². The molecule has 4 heteroatoms. The summed E-state index contributed by atoms with van der Waals surface area (Å²) in [7, 11) is -2.71. The maximum absolute atomic E-state index is 2.41. The van der Waals surface area contributed by atoms with Gasteiger partial charge < -0.3 is 9.13 Å². The Hall–Kier alpha value is -3.61. The molecule has 2 aromatic heterocycles. The van der Waals surface area contributed by atoms with E-state index in [0.29, 0.717) is 0 Å². The van der Waals surface area contributed by atoms with E-state index in [-0.39, 0.29) is 5.41 Å². The van der Waals surface area contributed by atoms with Crippen molar-refractivity contribution < 1.29 is 0 Å². The number of rotatable bonds is 6. The molecule has 0 aliphatic carbocycles. The summed E-state index contributed by atoms with van der Waals surface area (Å²) in [5.41, 5.74) is 7.42. The molecule has 0 aliphatic rings. The molecule has 2 heterocycles. The van der Waals surface area contributed by atoms with Crippen LogP contribution >= 0.6 is 0 Å². The first kappa shape index (κ1) is 27.6. The summed E-state index contributed by atoms with van der Waals surface area (Å²) in [5.74, 6) is 0. The van der Waals surface area contributed by atoms with Crippen molar-refractivity contribution in [2.45, 2.75) is 58.5 Å². The van der Waals surface area contributed by atoms with Gasteiger partial charge in [-0.2, -0.15) is 0 Å². The van der Waals surface area contributed by atoms with E-state index < -0.39 is 16.1 Å². The second-order valence-electron chi connectivity index (χ2n) is 14.1. The molecule has 0 bridgehead atoms. The van der Waals surface area contributed by atoms with Crippen molar-refractivity contribution in [2.75, 3.05) is 0 Å². The quantitative estimate of drug-likeness (QED) is 0.177. The van der Waals surface area contributed by atoms with Gasteiger partial charge in [-0.05, 0) is 47.5 Å². The van der Waals surface area contributed by atoms with Crippen LogP contribution in [-0.2, 0) is 5.41 Å². The Labute approximate surface area is 247 Å². The van der Waals surface area contributed by atoms with Gasteiger partial charge in [-0.1, -0.05) is 124 Å². The molecule has 0 amide bonds. The number of fused-ring (bicyclic) bond motifs is 2. The van der Waals surface area contributed by atoms with Crippen LogP contribution in [0.4, 0.5) is 0 Å². The molecule has 6 aromatic rings. The number of para-hydroxylation sites is 2. The Morgan fingerprint density at radius 3 is 1.15 bits per heavy atom. The topological polar surface area (TPSA) is 9.86 Å². The Morgan fingerprint density at radius 1 is 0.463 bits per heavy atom. The molecule has 208 valence electrons. The molecule has 0 spiro atoms. The van der Waals surface area contributed by atoms with Gasteiger partial charge in [0.25, 0.3) is 0 Å². The van der Waals surface area contributed by atoms with E-state index in [1.165, 1.54) is 54.7 Å². The fourth-order valence-corrected chi connectivity index (χ4v) is 8.51. The first-order chi connectivity index (χ1) is 19.4. The molecule has 0 fully saturated rings. The highest BCUT2D eigenvalue weighted by atomic mass is 28.3. The molecule has 0 radical (unpaired) electrons. The van der Waals surface area contributed by atoms with Gasteiger partial charge in [-0.25, -0.2) is 0 Å². The van der Waals surface area contributed by atoms with Crippen LogP contribution in [0, 0.1) is 0 Å². The van der Waals surface area contributed by atoms with Gasteiger partial charge in [0, 0.05) is 40.0 Å². The van der Waals surface area contributed by atoms with Crippen LogP contribution in [0.2, 0.25) is 39.3 Å². The monoisotopic (exact) mass is 570 g/mol. The van der Waals surface area contributed by atoms with Crippen LogP contribution in [0.1, 0.15) is 25.0 Å². The molecular formula is C37H42N2Si2. The number of nitrogens with zero attached hydrogens (tertiary/aromatic N) is 2. The first-order valence-corrected chi connectivity index (χ1v) is 21.8. The van der Waals surface area contributed by atoms with Crippen molar-refractivity contribution in [3.63, 3.8) is 0 Å². The lowest BCUT2D eigenvalue weighted by Gasteiger charge is -2.24. The highest BCUT2D eigenvalue weighted by Gasteiger charge is 2.31. The minimum Gasteiger partial charge on any atom is -0.316 e. The maximum atomic E-state index is 2.41.